The lowest BCUT2D eigenvalue weighted by atomic mass is 9.96. The van der Waals surface area contributed by atoms with Crippen LogP contribution in [-0.2, 0) is 13.0 Å². The van der Waals surface area contributed by atoms with Gasteiger partial charge < -0.3 is 10.3 Å². The highest BCUT2D eigenvalue weighted by Crippen LogP contribution is 2.31. The van der Waals surface area contributed by atoms with Gasteiger partial charge in [-0.2, -0.15) is 0 Å². The summed E-state index contributed by atoms with van der Waals surface area (Å²) >= 11 is 0. The van der Waals surface area contributed by atoms with Gasteiger partial charge in [0.05, 0.1) is 5.52 Å². The Morgan fingerprint density at radius 2 is 1.94 bits per heavy atom. The molecule has 0 bridgehead atoms. The molecule has 6 heteroatoms. The van der Waals surface area contributed by atoms with Crippen LogP contribution < -0.4 is 10.9 Å². The van der Waals surface area contributed by atoms with Crippen molar-refractivity contribution >= 4 is 16.8 Å². The summed E-state index contributed by atoms with van der Waals surface area (Å²) in [6, 6.07) is 11.7. The highest BCUT2D eigenvalue weighted by atomic mass is 16.1. The number of H-pyrrole nitrogens is 1. The predicted octanol–water partition coefficient (Wildman–Crippen LogP) is 4.79. The molecule has 0 aliphatic carbocycles. The molecule has 2 N–H and O–H groups in total. The molecule has 1 amide bonds. The molecule has 168 valence electrons. The second-order valence-electron chi connectivity index (χ2n) is 8.41. The largest absolute Gasteiger partial charge is 0.348 e. The summed E-state index contributed by atoms with van der Waals surface area (Å²) in [5.74, 6) is -0.219. The first-order chi connectivity index (χ1) is 15.9. The molecule has 4 rings (SSSR count). The Bertz CT molecular complexity index is 1390. The van der Waals surface area contributed by atoms with E-state index in [4.69, 9.17) is 4.98 Å². The topological polar surface area (TPSA) is 87.7 Å². The van der Waals surface area contributed by atoms with Crippen LogP contribution in [0, 0.1) is 20.8 Å². The minimum atomic E-state index is -0.219. The van der Waals surface area contributed by atoms with Gasteiger partial charge in [-0.05, 0) is 68.1 Å². The highest BCUT2D eigenvalue weighted by molar-refractivity contribution is 6.03. The van der Waals surface area contributed by atoms with Gasteiger partial charge >= 0.3 is 0 Å². The Hall–Kier alpha value is -3.80. The number of benzene rings is 1. The number of nitrogens with one attached hydrogen (secondary N) is 2. The zero-order valence-corrected chi connectivity index (χ0v) is 19.5. The fourth-order valence-corrected chi connectivity index (χ4v) is 4.30. The number of carbonyl (C=O) groups is 1. The molecule has 0 unspecified atom stereocenters. The monoisotopic (exact) mass is 440 g/mol. The van der Waals surface area contributed by atoms with Crippen molar-refractivity contribution in [3.05, 3.63) is 92.8 Å². The zero-order chi connectivity index (χ0) is 23.5. The lowest BCUT2D eigenvalue weighted by Crippen LogP contribution is -2.29. The number of amides is 1. The van der Waals surface area contributed by atoms with E-state index in [-0.39, 0.29) is 18.0 Å². The van der Waals surface area contributed by atoms with Crippen LogP contribution in [0.25, 0.3) is 22.0 Å². The van der Waals surface area contributed by atoms with Crippen molar-refractivity contribution in [3.63, 3.8) is 0 Å². The number of hydrogen-bond donors (Lipinski definition) is 2. The SMILES string of the molecule is CCCc1cc(C)[nH]c(=O)c1CNC(=O)c1ccc2c(-c3cccnc3)cc(C)nc2c1C. The molecule has 4 aromatic rings. The van der Waals surface area contributed by atoms with E-state index in [0.717, 1.165) is 57.4 Å². The van der Waals surface area contributed by atoms with Crippen LogP contribution in [0.2, 0.25) is 0 Å². The zero-order valence-electron chi connectivity index (χ0n) is 19.5. The van der Waals surface area contributed by atoms with Crippen LogP contribution in [0.4, 0.5) is 0 Å². The number of rotatable bonds is 6. The van der Waals surface area contributed by atoms with Crippen LogP contribution in [0.3, 0.4) is 0 Å². The van der Waals surface area contributed by atoms with E-state index < -0.39 is 0 Å². The maximum atomic E-state index is 13.1. The molecular weight excluding hydrogens is 412 g/mol. The molecule has 0 atom stereocenters. The number of carbonyl (C=O) groups excluding carboxylic acids is 1. The Labute approximate surface area is 193 Å². The summed E-state index contributed by atoms with van der Waals surface area (Å²) in [7, 11) is 0. The third-order valence-corrected chi connectivity index (χ3v) is 5.89. The van der Waals surface area contributed by atoms with E-state index in [2.05, 4.69) is 22.2 Å². The highest BCUT2D eigenvalue weighted by Gasteiger charge is 2.17. The van der Waals surface area contributed by atoms with Gasteiger partial charge in [0.15, 0.2) is 0 Å². The minimum absolute atomic E-state index is 0.146. The van der Waals surface area contributed by atoms with Crippen LogP contribution in [0.5, 0.6) is 0 Å². The van der Waals surface area contributed by atoms with Crippen molar-refractivity contribution < 1.29 is 4.79 Å². The minimum Gasteiger partial charge on any atom is -0.348 e. The Balaban J connectivity index is 1.68. The van der Waals surface area contributed by atoms with Crippen molar-refractivity contribution in [2.45, 2.75) is 47.1 Å². The summed E-state index contributed by atoms with van der Waals surface area (Å²) in [6.45, 7) is 7.99. The normalized spacial score (nSPS) is 11.0. The third kappa shape index (κ3) is 4.55. The fourth-order valence-electron chi connectivity index (χ4n) is 4.30. The summed E-state index contributed by atoms with van der Waals surface area (Å²) < 4.78 is 0. The van der Waals surface area contributed by atoms with E-state index in [1.165, 1.54) is 0 Å². The first-order valence-electron chi connectivity index (χ1n) is 11.2. The number of aromatic nitrogens is 3. The number of hydrogen-bond acceptors (Lipinski definition) is 4. The molecule has 3 aromatic heterocycles. The average molecular weight is 441 g/mol. The van der Waals surface area contributed by atoms with E-state index in [0.29, 0.717) is 11.1 Å². The van der Waals surface area contributed by atoms with Crippen LogP contribution in [0.15, 0.2) is 53.6 Å². The molecule has 0 aliphatic rings. The molecule has 0 saturated heterocycles. The van der Waals surface area contributed by atoms with E-state index >= 15 is 0 Å². The quantitative estimate of drug-likeness (QED) is 0.451. The van der Waals surface area contributed by atoms with Gasteiger partial charge in [-0.3, -0.25) is 19.6 Å². The Kier molecular flexibility index (Phi) is 6.36. The van der Waals surface area contributed by atoms with Gasteiger partial charge in [0.25, 0.3) is 11.5 Å². The van der Waals surface area contributed by atoms with Crippen LogP contribution in [-0.4, -0.2) is 20.9 Å². The second-order valence-corrected chi connectivity index (χ2v) is 8.41. The molecule has 0 saturated carbocycles. The molecule has 0 radical (unpaired) electrons. The molecule has 1 aromatic carbocycles. The van der Waals surface area contributed by atoms with Gasteiger partial charge in [0, 0.05) is 52.4 Å². The summed E-state index contributed by atoms with van der Waals surface area (Å²) in [5, 5.41) is 3.92. The third-order valence-electron chi connectivity index (χ3n) is 5.89. The van der Waals surface area contributed by atoms with Gasteiger partial charge in [-0.25, -0.2) is 0 Å². The number of aryl methyl sites for hydroxylation is 4. The number of aromatic amines is 1. The van der Waals surface area contributed by atoms with Gasteiger partial charge in [-0.15, -0.1) is 0 Å². The van der Waals surface area contributed by atoms with Crippen molar-refractivity contribution in [2.75, 3.05) is 0 Å². The average Bonchev–Trinajstić information content (AvgIpc) is 2.79. The van der Waals surface area contributed by atoms with Crippen molar-refractivity contribution in [1.82, 2.24) is 20.3 Å². The molecule has 3 heterocycles. The van der Waals surface area contributed by atoms with Gasteiger partial charge in [0.1, 0.15) is 0 Å². The van der Waals surface area contributed by atoms with E-state index in [1.54, 1.807) is 6.20 Å². The fraction of sp³-hybridized carbons (Fsp3) is 0.259. The summed E-state index contributed by atoms with van der Waals surface area (Å²) in [6.07, 6.45) is 5.30. The number of nitrogens with zero attached hydrogens (tertiary/aromatic N) is 2. The lowest BCUT2D eigenvalue weighted by molar-refractivity contribution is 0.0950. The van der Waals surface area contributed by atoms with Gasteiger partial charge in [-0.1, -0.05) is 25.5 Å². The molecule has 6 nitrogen and oxygen atoms in total. The maximum absolute atomic E-state index is 13.1. The summed E-state index contributed by atoms with van der Waals surface area (Å²) in [4.78, 5) is 37.4. The Morgan fingerprint density at radius 3 is 2.67 bits per heavy atom. The van der Waals surface area contributed by atoms with Crippen LogP contribution >= 0.6 is 0 Å². The molecular formula is C27H28N4O2. The number of fused-ring (bicyclic) bond motifs is 1. The standard InChI is InChI=1S/C27H28N4O2/c1-5-7-19-12-16(2)31-27(33)24(19)15-29-26(32)21-9-10-22-23(20-8-6-11-28-14-20)13-17(3)30-25(22)18(21)4/h6,8-14H,5,7,15H2,1-4H3,(H,29,32)(H,31,33). The summed E-state index contributed by atoms with van der Waals surface area (Å²) in [5.41, 5.74) is 7.35. The number of pyridine rings is 3. The molecule has 0 fully saturated rings. The van der Waals surface area contributed by atoms with Crippen molar-refractivity contribution in [2.24, 2.45) is 0 Å². The smallest absolute Gasteiger partial charge is 0.253 e. The van der Waals surface area contributed by atoms with E-state index in [1.807, 2.05) is 63.4 Å². The molecule has 0 spiro atoms. The van der Waals surface area contributed by atoms with Crippen molar-refractivity contribution in [1.29, 1.82) is 0 Å². The maximum Gasteiger partial charge on any atom is 0.253 e. The van der Waals surface area contributed by atoms with Gasteiger partial charge in [0.2, 0.25) is 0 Å². The van der Waals surface area contributed by atoms with Crippen molar-refractivity contribution in [3.8, 4) is 11.1 Å². The Morgan fingerprint density at radius 1 is 1.12 bits per heavy atom. The van der Waals surface area contributed by atoms with E-state index in [9.17, 15) is 9.59 Å². The second kappa shape index (κ2) is 9.36. The molecule has 33 heavy (non-hydrogen) atoms. The first kappa shape index (κ1) is 22.4. The van der Waals surface area contributed by atoms with Crippen LogP contribution in [0.1, 0.15) is 51.8 Å². The first-order valence-corrected chi connectivity index (χ1v) is 11.2. The molecule has 0 aliphatic heterocycles. The predicted molar refractivity (Wildman–Crippen MR) is 131 cm³/mol. The lowest BCUT2D eigenvalue weighted by Gasteiger charge is -2.14.